The van der Waals surface area contributed by atoms with Crippen LogP contribution in [-0.2, 0) is 9.53 Å². The minimum absolute atomic E-state index is 0.138. The van der Waals surface area contributed by atoms with Gasteiger partial charge in [0.2, 0.25) is 0 Å². The summed E-state index contributed by atoms with van der Waals surface area (Å²) in [6.07, 6.45) is 2.58. The van der Waals surface area contributed by atoms with E-state index in [4.69, 9.17) is 14.6 Å². The fraction of sp³-hybridized carbons (Fsp3) is 0.250. The summed E-state index contributed by atoms with van der Waals surface area (Å²) in [5.74, 6) is -0.346. The quantitative estimate of drug-likeness (QED) is 0.612. The van der Waals surface area contributed by atoms with Gasteiger partial charge >= 0.3 is 5.97 Å². The highest BCUT2D eigenvalue weighted by molar-refractivity contribution is 5.86. The van der Waals surface area contributed by atoms with Crippen molar-refractivity contribution in [2.75, 3.05) is 13.9 Å². The van der Waals surface area contributed by atoms with Gasteiger partial charge in [-0.3, -0.25) is 0 Å². The molecular formula is C12H14O4. The van der Waals surface area contributed by atoms with Gasteiger partial charge in [-0.2, -0.15) is 0 Å². The lowest BCUT2D eigenvalue weighted by Gasteiger charge is -2.10. The summed E-state index contributed by atoms with van der Waals surface area (Å²) in [5, 5.41) is 8.56. The molecular weight excluding hydrogens is 208 g/mol. The van der Waals surface area contributed by atoms with Gasteiger partial charge in [-0.05, 0) is 18.6 Å². The number of hydrogen-bond acceptors (Lipinski definition) is 3. The minimum Gasteiger partial charge on any atom is -0.478 e. The largest absolute Gasteiger partial charge is 0.478 e. The van der Waals surface area contributed by atoms with E-state index in [1.165, 1.54) is 13.2 Å². The summed E-state index contributed by atoms with van der Waals surface area (Å²) in [5.41, 5.74) is 1.66. The van der Waals surface area contributed by atoms with Crippen LogP contribution < -0.4 is 4.74 Å². The average Bonchev–Trinajstić information content (AvgIpc) is 2.25. The van der Waals surface area contributed by atoms with E-state index in [2.05, 4.69) is 0 Å². The van der Waals surface area contributed by atoms with Crippen molar-refractivity contribution in [3.8, 4) is 5.75 Å². The molecule has 86 valence electrons. The zero-order valence-corrected chi connectivity index (χ0v) is 9.27. The lowest BCUT2D eigenvalue weighted by Crippen LogP contribution is -2.02. The van der Waals surface area contributed by atoms with Gasteiger partial charge in [0.15, 0.2) is 6.79 Å². The first-order chi connectivity index (χ1) is 7.65. The van der Waals surface area contributed by atoms with Crippen molar-refractivity contribution in [3.63, 3.8) is 0 Å². The van der Waals surface area contributed by atoms with Crippen LogP contribution in [0.15, 0.2) is 24.3 Å². The molecule has 0 heterocycles. The Labute approximate surface area is 94.1 Å². The first-order valence-corrected chi connectivity index (χ1v) is 4.77. The van der Waals surface area contributed by atoms with Crippen LogP contribution in [0, 0.1) is 6.92 Å². The number of para-hydroxylation sites is 1. The fourth-order valence-corrected chi connectivity index (χ4v) is 1.28. The Morgan fingerprint density at radius 1 is 1.50 bits per heavy atom. The minimum atomic E-state index is -0.987. The molecule has 0 aliphatic heterocycles. The first kappa shape index (κ1) is 12.3. The molecule has 1 N–H and O–H groups in total. The Hall–Kier alpha value is -1.81. The molecule has 0 amide bonds. The van der Waals surface area contributed by atoms with Crippen LogP contribution in [0.1, 0.15) is 11.1 Å². The number of carboxylic acids is 1. The van der Waals surface area contributed by atoms with Crippen LogP contribution in [0.2, 0.25) is 0 Å². The molecule has 1 aromatic carbocycles. The number of rotatable bonds is 5. The van der Waals surface area contributed by atoms with E-state index in [1.807, 2.05) is 19.1 Å². The number of aliphatic carboxylic acids is 1. The van der Waals surface area contributed by atoms with Gasteiger partial charge in [0.25, 0.3) is 0 Å². The molecule has 4 heteroatoms. The zero-order valence-electron chi connectivity index (χ0n) is 9.27. The second-order valence-electron chi connectivity index (χ2n) is 3.22. The monoisotopic (exact) mass is 222 g/mol. The summed E-state index contributed by atoms with van der Waals surface area (Å²) >= 11 is 0. The molecule has 0 aliphatic carbocycles. The maximum Gasteiger partial charge on any atom is 0.328 e. The van der Waals surface area contributed by atoms with Crippen molar-refractivity contribution in [3.05, 3.63) is 35.4 Å². The van der Waals surface area contributed by atoms with E-state index in [-0.39, 0.29) is 6.79 Å². The lowest BCUT2D eigenvalue weighted by atomic mass is 10.1. The molecule has 1 rings (SSSR count). The number of methoxy groups -OCH3 is 1. The van der Waals surface area contributed by atoms with Crippen molar-refractivity contribution in [2.45, 2.75) is 6.92 Å². The number of benzene rings is 1. The van der Waals surface area contributed by atoms with Crippen molar-refractivity contribution >= 4 is 12.0 Å². The van der Waals surface area contributed by atoms with E-state index in [0.29, 0.717) is 5.75 Å². The third-order valence-electron chi connectivity index (χ3n) is 1.97. The topological polar surface area (TPSA) is 55.8 Å². The number of aryl methyl sites for hydroxylation is 1. The molecule has 0 fully saturated rings. The Bertz CT molecular complexity index is 396. The van der Waals surface area contributed by atoms with Gasteiger partial charge in [0, 0.05) is 18.7 Å². The van der Waals surface area contributed by atoms with E-state index < -0.39 is 5.97 Å². The normalized spacial score (nSPS) is 10.6. The van der Waals surface area contributed by atoms with Crippen LogP contribution in [-0.4, -0.2) is 25.0 Å². The van der Waals surface area contributed by atoms with E-state index in [1.54, 1.807) is 6.07 Å². The van der Waals surface area contributed by atoms with Crippen molar-refractivity contribution < 1.29 is 19.4 Å². The summed E-state index contributed by atoms with van der Waals surface area (Å²) in [6, 6.07) is 5.52. The SMILES string of the molecule is COCOc1c(C)cccc1/C=C/C(=O)O. The maximum absolute atomic E-state index is 10.4. The molecule has 0 atom stereocenters. The summed E-state index contributed by atoms with van der Waals surface area (Å²) in [6.45, 7) is 2.03. The highest BCUT2D eigenvalue weighted by Gasteiger charge is 2.04. The fourth-order valence-electron chi connectivity index (χ4n) is 1.28. The zero-order chi connectivity index (χ0) is 12.0. The average molecular weight is 222 g/mol. The molecule has 0 spiro atoms. The molecule has 0 saturated heterocycles. The molecule has 0 unspecified atom stereocenters. The predicted octanol–water partition coefficient (Wildman–Crippen LogP) is 2.08. The van der Waals surface area contributed by atoms with Crippen LogP contribution in [0.4, 0.5) is 0 Å². The van der Waals surface area contributed by atoms with Gasteiger partial charge in [-0.1, -0.05) is 18.2 Å². The smallest absolute Gasteiger partial charge is 0.328 e. The Balaban J connectivity index is 2.97. The van der Waals surface area contributed by atoms with Gasteiger partial charge in [-0.25, -0.2) is 4.79 Å². The van der Waals surface area contributed by atoms with Gasteiger partial charge in [0.05, 0.1) is 0 Å². The highest BCUT2D eigenvalue weighted by Crippen LogP contribution is 2.24. The van der Waals surface area contributed by atoms with Crippen LogP contribution >= 0.6 is 0 Å². The van der Waals surface area contributed by atoms with Gasteiger partial charge < -0.3 is 14.6 Å². The second-order valence-corrected chi connectivity index (χ2v) is 3.22. The molecule has 0 aromatic heterocycles. The van der Waals surface area contributed by atoms with Crippen LogP contribution in [0.25, 0.3) is 6.08 Å². The Morgan fingerprint density at radius 3 is 2.88 bits per heavy atom. The van der Waals surface area contributed by atoms with E-state index >= 15 is 0 Å². The molecule has 1 aromatic rings. The van der Waals surface area contributed by atoms with Crippen molar-refractivity contribution in [1.29, 1.82) is 0 Å². The molecule has 0 saturated carbocycles. The number of hydrogen-bond donors (Lipinski definition) is 1. The molecule has 16 heavy (non-hydrogen) atoms. The van der Waals surface area contributed by atoms with Crippen molar-refractivity contribution in [2.24, 2.45) is 0 Å². The van der Waals surface area contributed by atoms with Crippen LogP contribution in [0.3, 0.4) is 0 Å². The summed E-state index contributed by atoms with van der Waals surface area (Å²) < 4.78 is 10.2. The standard InChI is InChI=1S/C12H14O4/c1-9-4-3-5-10(6-7-11(13)14)12(9)16-8-15-2/h3-7H,8H2,1-2H3,(H,13,14)/b7-6+. The molecule has 0 bridgehead atoms. The molecule has 0 aliphatic rings. The van der Waals surface area contributed by atoms with E-state index in [9.17, 15) is 4.79 Å². The second kappa shape index (κ2) is 5.92. The predicted molar refractivity (Wildman–Crippen MR) is 60.4 cm³/mol. The maximum atomic E-state index is 10.4. The number of carboxylic acid groups (broad SMARTS) is 1. The highest BCUT2D eigenvalue weighted by atomic mass is 16.7. The third-order valence-corrected chi connectivity index (χ3v) is 1.97. The van der Waals surface area contributed by atoms with Crippen LogP contribution in [0.5, 0.6) is 5.75 Å². The summed E-state index contributed by atoms with van der Waals surface area (Å²) in [4.78, 5) is 10.4. The summed E-state index contributed by atoms with van der Waals surface area (Å²) in [7, 11) is 1.53. The first-order valence-electron chi connectivity index (χ1n) is 4.77. The van der Waals surface area contributed by atoms with Gasteiger partial charge in [0.1, 0.15) is 5.75 Å². The number of carbonyl (C=O) groups is 1. The lowest BCUT2D eigenvalue weighted by molar-refractivity contribution is -0.131. The third kappa shape index (κ3) is 3.40. The van der Waals surface area contributed by atoms with Crippen molar-refractivity contribution in [1.82, 2.24) is 0 Å². The van der Waals surface area contributed by atoms with Gasteiger partial charge in [-0.15, -0.1) is 0 Å². The molecule has 0 radical (unpaired) electrons. The molecule has 4 nitrogen and oxygen atoms in total. The Morgan fingerprint density at radius 2 is 2.25 bits per heavy atom. The van der Waals surface area contributed by atoms with E-state index in [0.717, 1.165) is 17.2 Å². The number of ether oxygens (including phenoxy) is 2. The Kier molecular flexibility index (Phi) is 4.54.